The summed E-state index contributed by atoms with van der Waals surface area (Å²) >= 11 is 0. The summed E-state index contributed by atoms with van der Waals surface area (Å²) in [4.78, 5) is 25.6. The molecule has 27 heavy (non-hydrogen) atoms. The zero-order valence-electron chi connectivity index (χ0n) is 14.9. The lowest BCUT2D eigenvalue weighted by molar-refractivity contribution is -0.123. The molecule has 5 nitrogen and oxygen atoms in total. The number of nitrogens with one attached hydrogen (secondary N) is 1. The van der Waals surface area contributed by atoms with Crippen LogP contribution in [0, 0.1) is 11.6 Å². The van der Waals surface area contributed by atoms with Crippen LogP contribution in [-0.2, 0) is 9.59 Å². The minimum Gasteiger partial charge on any atom is -0.484 e. The lowest BCUT2D eigenvalue weighted by atomic mass is 10.1. The molecule has 1 N–H and O–H groups in total. The summed E-state index contributed by atoms with van der Waals surface area (Å²) in [6.07, 6.45) is 1.36. The maximum Gasteiger partial charge on any atom is 0.258 e. The van der Waals surface area contributed by atoms with E-state index in [1.54, 1.807) is 30.0 Å². The summed E-state index contributed by atoms with van der Waals surface area (Å²) < 4.78 is 32.2. The molecule has 1 atom stereocenters. The predicted molar refractivity (Wildman–Crippen MR) is 96.4 cm³/mol. The molecule has 0 radical (unpaired) electrons. The summed E-state index contributed by atoms with van der Waals surface area (Å²) in [6, 6.07) is 9.56. The fourth-order valence-corrected chi connectivity index (χ4v) is 3.02. The quantitative estimate of drug-likeness (QED) is 0.844. The van der Waals surface area contributed by atoms with Crippen LogP contribution >= 0.6 is 0 Å². The second-order valence-electron chi connectivity index (χ2n) is 6.39. The van der Waals surface area contributed by atoms with Gasteiger partial charge in [-0.25, -0.2) is 8.78 Å². The molecule has 2 aromatic rings. The minimum atomic E-state index is -0.716. The summed E-state index contributed by atoms with van der Waals surface area (Å²) in [7, 11) is 0. The number of carbonyl (C=O) groups excluding carboxylic acids is 2. The molecule has 0 spiro atoms. The number of benzene rings is 2. The molecule has 1 aliphatic rings. The number of carbonyl (C=O) groups is 2. The lowest BCUT2D eigenvalue weighted by Gasteiger charge is -2.17. The first-order valence-corrected chi connectivity index (χ1v) is 8.71. The van der Waals surface area contributed by atoms with Crippen LogP contribution in [0.1, 0.15) is 31.4 Å². The van der Waals surface area contributed by atoms with Crippen LogP contribution in [0.4, 0.5) is 14.5 Å². The Bertz CT molecular complexity index is 857. The van der Waals surface area contributed by atoms with E-state index in [4.69, 9.17) is 4.74 Å². The Balaban J connectivity index is 1.57. The Morgan fingerprint density at radius 2 is 2.07 bits per heavy atom. The number of rotatable bonds is 6. The van der Waals surface area contributed by atoms with Crippen LogP contribution in [0.2, 0.25) is 0 Å². The van der Waals surface area contributed by atoms with E-state index >= 15 is 0 Å². The van der Waals surface area contributed by atoms with E-state index in [1.165, 1.54) is 6.07 Å². The molecule has 2 amide bonds. The molecule has 1 aliphatic heterocycles. The Kier molecular flexibility index (Phi) is 5.69. The van der Waals surface area contributed by atoms with Crippen LogP contribution in [0.3, 0.4) is 0 Å². The van der Waals surface area contributed by atoms with Gasteiger partial charge in [0.05, 0.1) is 6.04 Å². The monoisotopic (exact) mass is 374 g/mol. The van der Waals surface area contributed by atoms with Gasteiger partial charge in [0.25, 0.3) is 5.91 Å². The molecule has 0 saturated carbocycles. The smallest absolute Gasteiger partial charge is 0.258 e. The van der Waals surface area contributed by atoms with Crippen molar-refractivity contribution in [3.63, 3.8) is 0 Å². The molecule has 1 saturated heterocycles. The fourth-order valence-electron chi connectivity index (χ4n) is 3.02. The minimum absolute atomic E-state index is 0.0695. The van der Waals surface area contributed by atoms with Gasteiger partial charge in [0, 0.05) is 36.3 Å². The third-order valence-electron chi connectivity index (χ3n) is 4.38. The van der Waals surface area contributed by atoms with Gasteiger partial charge in [-0.15, -0.1) is 0 Å². The fraction of sp³-hybridized carbons (Fsp3) is 0.300. The van der Waals surface area contributed by atoms with E-state index in [2.05, 4.69) is 5.32 Å². The van der Waals surface area contributed by atoms with E-state index in [0.29, 0.717) is 18.7 Å². The van der Waals surface area contributed by atoms with Gasteiger partial charge < -0.3 is 15.0 Å². The number of halogens is 2. The topological polar surface area (TPSA) is 58.6 Å². The van der Waals surface area contributed by atoms with Crippen molar-refractivity contribution in [2.45, 2.75) is 25.8 Å². The Hall–Kier alpha value is -2.96. The second-order valence-corrected chi connectivity index (χ2v) is 6.39. The highest BCUT2D eigenvalue weighted by Crippen LogP contribution is 2.25. The summed E-state index contributed by atoms with van der Waals surface area (Å²) in [6.45, 7) is 2.02. The van der Waals surface area contributed by atoms with Crippen molar-refractivity contribution >= 4 is 17.5 Å². The van der Waals surface area contributed by atoms with Crippen molar-refractivity contribution in [3.8, 4) is 5.75 Å². The first-order chi connectivity index (χ1) is 12.9. The number of hydrogen-bond donors (Lipinski definition) is 1. The van der Waals surface area contributed by atoms with Crippen molar-refractivity contribution in [1.82, 2.24) is 5.32 Å². The van der Waals surface area contributed by atoms with Crippen LogP contribution in [0.5, 0.6) is 5.75 Å². The first-order valence-electron chi connectivity index (χ1n) is 8.71. The number of ether oxygens (including phenoxy) is 1. The average molecular weight is 374 g/mol. The van der Waals surface area contributed by atoms with E-state index in [-0.39, 0.29) is 18.1 Å². The van der Waals surface area contributed by atoms with Crippen LogP contribution in [-0.4, -0.2) is 25.0 Å². The van der Waals surface area contributed by atoms with Gasteiger partial charge in [0.1, 0.15) is 17.4 Å². The molecule has 0 aliphatic carbocycles. The van der Waals surface area contributed by atoms with Crippen molar-refractivity contribution in [2.75, 3.05) is 18.1 Å². The van der Waals surface area contributed by atoms with Gasteiger partial charge in [-0.1, -0.05) is 12.1 Å². The average Bonchev–Trinajstić information content (AvgIpc) is 3.06. The molecular formula is C20H20F2N2O3. The highest BCUT2D eigenvalue weighted by atomic mass is 19.1. The molecule has 3 rings (SSSR count). The molecule has 0 bridgehead atoms. The lowest BCUT2D eigenvalue weighted by Crippen LogP contribution is -2.31. The van der Waals surface area contributed by atoms with E-state index in [1.807, 2.05) is 6.07 Å². The Labute approximate surface area is 155 Å². The third kappa shape index (κ3) is 4.61. The van der Waals surface area contributed by atoms with Gasteiger partial charge >= 0.3 is 0 Å². The standard InChI is InChI=1S/C20H20F2N2O3/c1-13(17-8-7-14(21)10-18(17)22)23-19(25)12-27-16-5-2-4-15(11-16)24-9-3-6-20(24)26/h2,4-5,7-8,10-11,13H,3,6,9,12H2,1H3,(H,23,25). The van der Waals surface area contributed by atoms with Gasteiger partial charge in [-0.3, -0.25) is 9.59 Å². The Morgan fingerprint density at radius 1 is 1.26 bits per heavy atom. The molecular weight excluding hydrogens is 354 g/mol. The molecule has 1 heterocycles. The summed E-state index contributed by atoms with van der Waals surface area (Å²) in [5.41, 5.74) is 0.927. The first kappa shape index (κ1) is 18.8. The van der Waals surface area contributed by atoms with Crippen LogP contribution in [0.25, 0.3) is 0 Å². The number of amides is 2. The maximum atomic E-state index is 13.8. The molecule has 1 fully saturated rings. The van der Waals surface area contributed by atoms with E-state index in [9.17, 15) is 18.4 Å². The number of hydrogen-bond acceptors (Lipinski definition) is 3. The Morgan fingerprint density at radius 3 is 2.78 bits per heavy atom. The highest BCUT2D eigenvalue weighted by Gasteiger charge is 2.22. The largest absolute Gasteiger partial charge is 0.484 e. The van der Waals surface area contributed by atoms with Gasteiger partial charge in [0.2, 0.25) is 5.91 Å². The zero-order chi connectivity index (χ0) is 19.4. The van der Waals surface area contributed by atoms with Gasteiger partial charge in [-0.05, 0) is 31.5 Å². The van der Waals surface area contributed by atoms with E-state index in [0.717, 1.165) is 24.2 Å². The van der Waals surface area contributed by atoms with Gasteiger partial charge in [0.15, 0.2) is 6.61 Å². The number of anilines is 1. The zero-order valence-corrected chi connectivity index (χ0v) is 14.9. The molecule has 142 valence electrons. The van der Waals surface area contributed by atoms with Crippen molar-refractivity contribution < 1.29 is 23.1 Å². The summed E-state index contributed by atoms with van der Waals surface area (Å²) in [5.74, 6) is -1.29. The van der Waals surface area contributed by atoms with Crippen molar-refractivity contribution in [3.05, 3.63) is 59.7 Å². The number of nitrogens with zero attached hydrogens (tertiary/aromatic N) is 1. The van der Waals surface area contributed by atoms with E-state index < -0.39 is 23.6 Å². The molecule has 1 unspecified atom stereocenters. The molecule has 2 aromatic carbocycles. The SMILES string of the molecule is CC(NC(=O)COc1cccc(N2CCCC2=O)c1)c1ccc(F)cc1F. The van der Waals surface area contributed by atoms with Gasteiger partial charge in [-0.2, -0.15) is 0 Å². The highest BCUT2D eigenvalue weighted by molar-refractivity contribution is 5.95. The maximum absolute atomic E-state index is 13.8. The third-order valence-corrected chi connectivity index (χ3v) is 4.38. The van der Waals surface area contributed by atoms with Crippen molar-refractivity contribution in [2.24, 2.45) is 0 Å². The molecule has 7 heteroatoms. The van der Waals surface area contributed by atoms with Crippen LogP contribution < -0.4 is 15.0 Å². The summed E-state index contributed by atoms with van der Waals surface area (Å²) in [5, 5.41) is 2.61. The van der Waals surface area contributed by atoms with Crippen LogP contribution in [0.15, 0.2) is 42.5 Å². The van der Waals surface area contributed by atoms with Crippen molar-refractivity contribution in [1.29, 1.82) is 0 Å². The normalized spacial score (nSPS) is 14.9. The predicted octanol–water partition coefficient (Wildman–Crippen LogP) is 3.35. The molecule has 0 aromatic heterocycles. The second kappa shape index (κ2) is 8.16.